The van der Waals surface area contributed by atoms with Gasteiger partial charge in [-0.25, -0.2) is 0 Å². The van der Waals surface area contributed by atoms with Crippen LogP contribution in [0.2, 0.25) is 0 Å². The molecule has 2 rings (SSSR count). The van der Waals surface area contributed by atoms with Gasteiger partial charge in [0.1, 0.15) is 0 Å². The molecule has 0 aliphatic carbocycles. The van der Waals surface area contributed by atoms with Gasteiger partial charge in [-0.2, -0.15) is 0 Å². The molecule has 0 saturated carbocycles. The van der Waals surface area contributed by atoms with E-state index in [4.69, 9.17) is 0 Å². The van der Waals surface area contributed by atoms with Crippen LogP contribution in [0, 0.1) is 5.92 Å². The average Bonchev–Trinajstić information content (AvgIpc) is 2.54. The number of carbonyl (C=O) groups is 1. The first-order chi connectivity index (χ1) is 10.2. The Labute approximate surface area is 128 Å². The van der Waals surface area contributed by atoms with Gasteiger partial charge in [-0.3, -0.25) is 4.79 Å². The van der Waals surface area contributed by atoms with Gasteiger partial charge in [0.15, 0.2) is 0 Å². The van der Waals surface area contributed by atoms with Crippen LogP contribution in [0.5, 0.6) is 0 Å². The summed E-state index contributed by atoms with van der Waals surface area (Å²) in [6, 6.07) is 8.88. The number of hydrogen-bond donors (Lipinski definition) is 1. The van der Waals surface area contributed by atoms with E-state index in [-0.39, 0.29) is 5.92 Å². The third-order valence-electron chi connectivity index (χ3n) is 4.28. The van der Waals surface area contributed by atoms with Crippen LogP contribution in [-0.2, 0) is 17.6 Å². The highest BCUT2D eigenvalue weighted by atomic mass is 16.2. The molecule has 0 bridgehead atoms. The van der Waals surface area contributed by atoms with Gasteiger partial charge in [0, 0.05) is 32.1 Å². The molecule has 0 spiro atoms. The van der Waals surface area contributed by atoms with Crippen molar-refractivity contribution in [2.75, 3.05) is 26.2 Å². The van der Waals surface area contributed by atoms with E-state index < -0.39 is 0 Å². The Morgan fingerprint density at radius 3 is 2.29 bits per heavy atom. The second-order valence-electron chi connectivity index (χ2n) is 6.08. The van der Waals surface area contributed by atoms with Crippen molar-refractivity contribution < 1.29 is 4.79 Å². The van der Waals surface area contributed by atoms with Crippen molar-refractivity contribution in [2.24, 2.45) is 5.92 Å². The van der Waals surface area contributed by atoms with E-state index in [0.717, 1.165) is 45.4 Å². The van der Waals surface area contributed by atoms with Gasteiger partial charge < -0.3 is 10.2 Å². The Morgan fingerprint density at radius 1 is 1.14 bits per heavy atom. The van der Waals surface area contributed by atoms with Crippen molar-refractivity contribution in [3.63, 3.8) is 0 Å². The molecule has 1 aliphatic heterocycles. The summed E-state index contributed by atoms with van der Waals surface area (Å²) in [4.78, 5) is 14.4. The number of piperazine rings is 1. The molecule has 0 aromatic heterocycles. The minimum absolute atomic E-state index is 0.124. The Kier molecular flexibility index (Phi) is 6.24. The zero-order chi connectivity index (χ0) is 15.1. The molecule has 1 aliphatic rings. The number of amides is 1. The first-order valence-electron chi connectivity index (χ1n) is 8.28. The summed E-state index contributed by atoms with van der Waals surface area (Å²) in [6.07, 6.45) is 4.27. The average molecular weight is 288 g/mol. The van der Waals surface area contributed by atoms with E-state index in [0.29, 0.717) is 5.91 Å². The lowest BCUT2D eigenvalue weighted by Gasteiger charge is -2.29. The van der Waals surface area contributed by atoms with Crippen molar-refractivity contribution in [2.45, 2.75) is 39.5 Å². The minimum Gasteiger partial charge on any atom is -0.340 e. The van der Waals surface area contributed by atoms with E-state index in [2.05, 4.69) is 43.4 Å². The molecule has 1 unspecified atom stereocenters. The van der Waals surface area contributed by atoms with Crippen molar-refractivity contribution in [3.05, 3.63) is 35.4 Å². The van der Waals surface area contributed by atoms with Gasteiger partial charge in [0.25, 0.3) is 0 Å². The van der Waals surface area contributed by atoms with Crippen LogP contribution in [0.15, 0.2) is 24.3 Å². The predicted octanol–water partition coefficient (Wildman–Crippen LogP) is 2.64. The number of hydrogen-bond acceptors (Lipinski definition) is 2. The summed E-state index contributed by atoms with van der Waals surface area (Å²) in [5.41, 5.74) is 2.75. The van der Waals surface area contributed by atoms with Crippen molar-refractivity contribution in [1.29, 1.82) is 0 Å². The van der Waals surface area contributed by atoms with Crippen LogP contribution >= 0.6 is 0 Å². The molecule has 0 radical (unpaired) electrons. The van der Waals surface area contributed by atoms with Gasteiger partial charge in [-0.15, -0.1) is 0 Å². The number of nitrogens with one attached hydrogen (secondary N) is 1. The monoisotopic (exact) mass is 288 g/mol. The second-order valence-corrected chi connectivity index (χ2v) is 6.08. The van der Waals surface area contributed by atoms with Crippen molar-refractivity contribution in [3.8, 4) is 0 Å². The summed E-state index contributed by atoms with van der Waals surface area (Å²) in [6.45, 7) is 7.84. The summed E-state index contributed by atoms with van der Waals surface area (Å²) < 4.78 is 0. The van der Waals surface area contributed by atoms with Crippen molar-refractivity contribution >= 4 is 5.91 Å². The van der Waals surface area contributed by atoms with Crippen LogP contribution in [0.1, 0.15) is 37.8 Å². The Morgan fingerprint density at radius 2 is 1.71 bits per heavy atom. The zero-order valence-electron chi connectivity index (χ0n) is 13.4. The van der Waals surface area contributed by atoms with Gasteiger partial charge in [0.2, 0.25) is 5.91 Å². The Hall–Kier alpha value is -1.35. The minimum atomic E-state index is 0.124. The third kappa shape index (κ3) is 4.85. The van der Waals surface area contributed by atoms with Crippen LogP contribution < -0.4 is 5.32 Å². The molecule has 1 aromatic rings. The van der Waals surface area contributed by atoms with Gasteiger partial charge in [0.05, 0.1) is 0 Å². The Balaban J connectivity index is 1.79. The van der Waals surface area contributed by atoms with Gasteiger partial charge in [-0.1, -0.05) is 44.5 Å². The maximum Gasteiger partial charge on any atom is 0.225 e. The molecule has 1 amide bonds. The molecule has 1 fully saturated rings. The fraction of sp³-hybridized carbons (Fsp3) is 0.611. The van der Waals surface area contributed by atoms with Crippen molar-refractivity contribution in [1.82, 2.24) is 10.2 Å². The molecule has 3 nitrogen and oxygen atoms in total. The normalized spacial score (nSPS) is 16.8. The van der Waals surface area contributed by atoms with E-state index >= 15 is 0 Å². The fourth-order valence-corrected chi connectivity index (χ4v) is 2.86. The summed E-state index contributed by atoms with van der Waals surface area (Å²) in [7, 11) is 0. The van der Waals surface area contributed by atoms with Crippen LogP contribution in [0.3, 0.4) is 0 Å². The number of rotatable bonds is 6. The number of nitrogens with zero attached hydrogens (tertiary/aromatic N) is 1. The third-order valence-corrected chi connectivity index (χ3v) is 4.28. The first kappa shape index (κ1) is 16.0. The predicted molar refractivity (Wildman–Crippen MR) is 87.4 cm³/mol. The maximum atomic E-state index is 12.4. The number of aryl methyl sites for hydroxylation is 2. The van der Waals surface area contributed by atoms with Gasteiger partial charge in [-0.05, 0) is 30.4 Å². The first-order valence-corrected chi connectivity index (χ1v) is 8.28. The topological polar surface area (TPSA) is 32.3 Å². The standard InChI is InChI=1S/C18H28N2O/c1-3-4-16-7-9-17(10-8-16)6-5-15(2)18(21)20-13-11-19-12-14-20/h7-10,15,19H,3-6,11-14H2,1-2H3. The highest BCUT2D eigenvalue weighted by molar-refractivity contribution is 5.78. The van der Waals surface area contributed by atoms with Crippen LogP contribution in [-0.4, -0.2) is 37.0 Å². The Bertz CT molecular complexity index is 435. The summed E-state index contributed by atoms with van der Waals surface area (Å²) in [5.74, 6) is 0.442. The number of carbonyl (C=O) groups excluding carboxylic acids is 1. The van der Waals surface area contributed by atoms with E-state index in [1.54, 1.807) is 0 Å². The SMILES string of the molecule is CCCc1ccc(CCC(C)C(=O)N2CCNCC2)cc1. The zero-order valence-corrected chi connectivity index (χ0v) is 13.4. The summed E-state index contributed by atoms with van der Waals surface area (Å²) in [5, 5.41) is 3.29. The molecule has 116 valence electrons. The lowest BCUT2D eigenvalue weighted by molar-refractivity contribution is -0.135. The molecule has 1 atom stereocenters. The quantitative estimate of drug-likeness (QED) is 0.873. The molecular formula is C18H28N2O. The molecule has 1 heterocycles. The summed E-state index contributed by atoms with van der Waals surface area (Å²) >= 11 is 0. The maximum absolute atomic E-state index is 12.4. The lowest BCUT2D eigenvalue weighted by Crippen LogP contribution is -2.48. The molecule has 21 heavy (non-hydrogen) atoms. The van der Waals surface area contributed by atoms with E-state index in [9.17, 15) is 4.79 Å². The van der Waals surface area contributed by atoms with Crippen LogP contribution in [0.4, 0.5) is 0 Å². The molecular weight excluding hydrogens is 260 g/mol. The molecule has 1 aromatic carbocycles. The highest BCUT2D eigenvalue weighted by Crippen LogP contribution is 2.14. The highest BCUT2D eigenvalue weighted by Gasteiger charge is 2.21. The second kappa shape index (κ2) is 8.18. The van der Waals surface area contributed by atoms with E-state index in [1.165, 1.54) is 17.5 Å². The smallest absolute Gasteiger partial charge is 0.225 e. The molecule has 3 heteroatoms. The fourth-order valence-electron chi connectivity index (χ4n) is 2.86. The molecule has 1 N–H and O–H groups in total. The van der Waals surface area contributed by atoms with E-state index in [1.807, 2.05) is 4.90 Å². The largest absolute Gasteiger partial charge is 0.340 e. The van der Waals surface area contributed by atoms with Gasteiger partial charge >= 0.3 is 0 Å². The van der Waals surface area contributed by atoms with Crippen LogP contribution in [0.25, 0.3) is 0 Å². The molecule has 1 saturated heterocycles. The lowest BCUT2D eigenvalue weighted by atomic mass is 9.98. The number of benzene rings is 1.